The van der Waals surface area contributed by atoms with E-state index in [0.717, 1.165) is 64.0 Å². The van der Waals surface area contributed by atoms with Crippen molar-refractivity contribution in [2.75, 3.05) is 50.7 Å². The quantitative estimate of drug-likeness (QED) is 0.204. The van der Waals surface area contributed by atoms with Gasteiger partial charge in [0, 0.05) is 50.4 Å². The number of hydrogen-bond donors (Lipinski definition) is 2. The lowest BCUT2D eigenvalue weighted by Crippen LogP contribution is -2.46. The minimum absolute atomic E-state index is 0. The third kappa shape index (κ3) is 9.16. The number of unbranched alkanes of at least 4 members (excludes halogenated alkanes) is 1. The number of para-hydroxylation sites is 1. The number of rotatable bonds is 9. The zero-order chi connectivity index (χ0) is 22.8. The maximum absolute atomic E-state index is 5.84. The van der Waals surface area contributed by atoms with Crippen molar-refractivity contribution in [1.29, 1.82) is 0 Å². The van der Waals surface area contributed by atoms with Gasteiger partial charge in [0.1, 0.15) is 12.3 Å². The highest BCUT2D eigenvalue weighted by Crippen LogP contribution is 2.22. The molecule has 0 radical (unpaired) electrons. The summed E-state index contributed by atoms with van der Waals surface area (Å²) in [6, 6.07) is 10.7. The Morgan fingerprint density at radius 3 is 2.42 bits per heavy atom. The van der Waals surface area contributed by atoms with Crippen LogP contribution in [0.3, 0.4) is 0 Å². The molecule has 184 valence electrons. The first kappa shape index (κ1) is 27.4. The van der Waals surface area contributed by atoms with Gasteiger partial charge in [0.2, 0.25) is 5.89 Å². The Labute approximate surface area is 216 Å². The second-order valence-corrected chi connectivity index (χ2v) is 9.36. The molecule has 2 heterocycles. The molecule has 0 bridgehead atoms. The van der Waals surface area contributed by atoms with E-state index in [1.165, 1.54) is 12.1 Å². The minimum Gasteiger partial charge on any atom is -0.443 e. The molecule has 2 aromatic rings. The molecule has 3 rings (SSSR count). The lowest BCUT2D eigenvalue weighted by molar-refractivity contribution is 0.253. The van der Waals surface area contributed by atoms with Crippen LogP contribution in [0.25, 0.3) is 0 Å². The van der Waals surface area contributed by atoms with Gasteiger partial charge in [-0.25, -0.2) is 9.98 Å². The Kier molecular flexibility index (Phi) is 11.5. The van der Waals surface area contributed by atoms with Crippen LogP contribution in [0.4, 0.5) is 5.69 Å². The number of oxazole rings is 1. The highest BCUT2D eigenvalue weighted by molar-refractivity contribution is 14.0. The Balaban J connectivity index is 0.00000385. The summed E-state index contributed by atoms with van der Waals surface area (Å²) in [6.07, 6.45) is 4.12. The van der Waals surface area contributed by atoms with Crippen molar-refractivity contribution in [2.45, 2.75) is 52.5 Å². The molecular formula is C25H41IN6O. The first-order chi connectivity index (χ1) is 15.5. The van der Waals surface area contributed by atoms with Crippen LogP contribution in [-0.4, -0.2) is 61.7 Å². The summed E-state index contributed by atoms with van der Waals surface area (Å²) in [5, 5.41) is 6.74. The first-order valence-electron chi connectivity index (χ1n) is 12.0. The Morgan fingerprint density at radius 1 is 1.06 bits per heavy atom. The van der Waals surface area contributed by atoms with Crippen molar-refractivity contribution in [2.24, 2.45) is 4.99 Å². The smallest absolute Gasteiger partial charge is 0.216 e. The zero-order valence-corrected chi connectivity index (χ0v) is 23.0. The van der Waals surface area contributed by atoms with Gasteiger partial charge in [-0.2, -0.15) is 0 Å². The highest BCUT2D eigenvalue weighted by atomic mass is 127. The molecule has 0 amide bonds. The lowest BCUT2D eigenvalue weighted by atomic mass is 9.94. The van der Waals surface area contributed by atoms with E-state index in [4.69, 9.17) is 4.42 Å². The molecular weight excluding hydrogens is 527 g/mol. The van der Waals surface area contributed by atoms with E-state index in [9.17, 15) is 0 Å². The fourth-order valence-corrected chi connectivity index (χ4v) is 3.75. The molecule has 1 aromatic heterocycles. The van der Waals surface area contributed by atoms with Gasteiger partial charge >= 0.3 is 0 Å². The Bertz CT molecular complexity index is 825. The molecule has 8 heteroatoms. The van der Waals surface area contributed by atoms with E-state index in [2.05, 4.69) is 88.4 Å². The summed E-state index contributed by atoms with van der Waals surface area (Å²) in [4.78, 5) is 14.0. The van der Waals surface area contributed by atoms with Gasteiger partial charge in [-0.1, -0.05) is 39.0 Å². The molecule has 1 aromatic carbocycles. The van der Waals surface area contributed by atoms with Crippen molar-refractivity contribution in [3.8, 4) is 0 Å². The molecule has 1 aliphatic rings. The molecule has 0 aliphatic carbocycles. The second-order valence-electron chi connectivity index (χ2n) is 9.36. The number of hydrogen-bond acceptors (Lipinski definition) is 5. The monoisotopic (exact) mass is 568 g/mol. The maximum Gasteiger partial charge on any atom is 0.216 e. The number of halogens is 1. The van der Waals surface area contributed by atoms with Gasteiger partial charge < -0.3 is 20.0 Å². The van der Waals surface area contributed by atoms with Crippen LogP contribution in [-0.2, 0) is 12.0 Å². The maximum atomic E-state index is 5.84. The van der Waals surface area contributed by atoms with Gasteiger partial charge in [-0.3, -0.25) is 4.90 Å². The summed E-state index contributed by atoms with van der Waals surface area (Å²) in [7, 11) is 0. The van der Waals surface area contributed by atoms with E-state index in [1.54, 1.807) is 0 Å². The van der Waals surface area contributed by atoms with E-state index in [0.29, 0.717) is 12.4 Å². The number of anilines is 1. The van der Waals surface area contributed by atoms with E-state index >= 15 is 0 Å². The van der Waals surface area contributed by atoms with Crippen molar-refractivity contribution in [3.05, 3.63) is 48.2 Å². The van der Waals surface area contributed by atoms with Crippen molar-refractivity contribution >= 4 is 35.6 Å². The molecule has 0 atom stereocenters. The standard InChI is InChI=1S/C25H40N6O.HI/c1-5-26-24(29-20-23-28-19-22(32-23)25(2,3)4)27-13-9-10-14-30-15-17-31(18-16-30)21-11-7-6-8-12-21;/h6-8,11-12,19H,5,9-10,13-18,20H2,1-4H3,(H2,26,27,29);1H. The summed E-state index contributed by atoms with van der Waals surface area (Å²) >= 11 is 0. The molecule has 33 heavy (non-hydrogen) atoms. The van der Waals surface area contributed by atoms with Gasteiger partial charge in [-0.15, -0.1) is 24.0 Å². The molecule has 0 spiro atoms. The summed E-state index contributed by atoms with van der Waals surface area (Å²) in [6.45, 7) is 16.3. The first-order valence-corrected chi connectivity index (χ1v) is 12.0. The molecule has 1 aliphatic heterocycles. The molecule has 1 saturated heterocycles. The minimum atomic E-state index is -0.0358. The van der Waals surface area contributed by atoms with E-state index in [-0.39, 0.29) is 29.4 Å². The molecule has 2 N–H and O–H groups in total. The van der Waals surface area contributed by atoms with Crippen molar-refractivity contribution in [1.82, 2.24) is 20.5 Å². The zero-order valence-electron chi connectivity index (χ0n) is 20.6. The van der Waals surface area contributed by atoms with Gasteiger partial charge in [0.15, 0.2) is 5.96 Å². The number of guanidine groups is 1. The summed E-state index contributed by atoms with van der Waals surface area (Å²) < 4.78 is 5.84. The number of aliphatic imine (C=N–C) groups is 1. The van der Waals surface area contributed by atoms with Crippen LogP contribution >= 0.6 is 24.0 Å². The van der Waals surface area contributed by atoms with Crippen LogP contribution in [0, 0.1) is 0 Å². The average molecular weight is 569 g/mol. The fourth-order valence-electron chi connectivity index (χ4n) is 3.75. The van der Waals surface area contributed by atoms with Gasteiger partial charge in [-0.05, 0) is 38.4 Å². The molecule has 1 fully saturated rings. The lowest BCUT2D eigenvalue weighted by Gasteiger charge is -2.36. The summed E-state index contributed by atoms with van der Waals surface area (Å²) in [5.41, 5.74) is 1.30. The predicted octanol–water partition coefficient (Wildman–Crippen LogP) is 4.25. The highest BCUT2D eigenvalue weighted by Gasteiger charge is 2.19. The number of nitrogens with zero attached hydrogens (tertiary/aromatic N) is 4. The summed E-state index contributed by atoms with van der Waals surface area (Å²) in [5.74, 6) is 2.37. The Morgan fingerprint density at radius 2 is 1.79 bits per heavy atom. The Hall–Kier alpha value is -1.81. The fraction of sp³-hybridized carbons (Fsp3) is 0.600. The van der Waals surface area contributed by atoms with E-state index < -0.39 is 0 Å². The number of piperazine rings is 1. The number of aromatic nitrogens is 1. The average Bonchev–Trinajstić information content (AvgIpc) is 3.28. The molecule has 7 nitrogen and oxygen atoms in total. The van der Waals surface area contributed by atoms with Gasteiger partial charge in [0.05, 0.1) is 6.20 Å². The topological polar surface area (TPSA) is 68.9 Å². The molecule has 0 saturated carbocycles. The third-order valence-electron chi connectivity index (χ3n) is 5.70. The van der Waals surface area contributed by atoms with Crippen molar-refractivity contribution in [3.63, 3.8) is 0 Å². The largest absolute Gasteiger partial charge is 0.443 e. The van der Waals surface area contributed by atoms with Crippen molar-refractivity contribution < 1.29 is 4.42 Å². The van der Waals surface area contributed by atoms with Crippen LogP contribution < -0.4 is 15.5 Å². The number of benzene rings is 1. The predicted molar refractivity (Wildman–Crippen MR) is 148 cm³/mol. The normalized spacial score (nSPS) is 15.3. The van der Waals surface area contributed by atoms with Crippen LogP contribution in [0.5, 0.6) is 0 Å². The second kappa shape index (κ2) is 13.8. The SMILES string of the molecule is CCNC(=NCc1ncc(C(C)(C)C)o1)NCCCCN1CCN(c2ccccc2)CC1.I. The third-order valence-corrected chi connectivity index (χ3v) is 5.70. The van der Waals surface area contributed by atoms with Crippen LogP contribution in [0.1, 0.15) is 52.2 Å². The molecule has 0 unspecified atom stereocenters. The van der Waals surface area contributed by atoms with Crippen LogP contribution in [0.2, 0.25) is 0 Å². The number of nitrogens with one attached hydrogen (secondary N) is 2. The van der Waals surface area contributed by atoms with Crippen LogP contribution in [0.15, 0.2) is 45.9 Å². The van der Waals surface area contributed by atoms with Gasteiger partial charge in [0.25, 0.3) is 0 Å². The van der Waals surface area contributed by atoms with E-state index in [1.807, 2.05) is 6.20 Å².